The zero-order valence-electron chi connectivity index (χ0n) is 26.8. The van der Waals surface area contributed by atoms with Crippen LogP contribution in [0.2, 0.25) is 0 Å². The highest BCUT2D eigenvalue weighted by Crippen LogP contribution is 2.41. The SMILES string of the molecule is COc1cc(C(=O)N2CC3CCC2[C@@H]3N)cc2nc(-c3cc4cccnc4n3CC3CC3)n(CC3CN(C(=O)c4cc[nH]c(=O)c4)C3)c12. The number of carbonyl (C=O) groups excluding carboxylic acids is 2. The van der Waals surface area contributed by atoms with E-state index in [1.165, 1.54) is 25.1 Å². The van der Waals surface area contributed by atoms with Gasteiger partial charge in [-0.1, -0.05) is 0 Å². The van der Waals surface area contributed by atoms with Crippen LogP contribution >= 0.6 is 0 Å². The van der Waals surface area contributed by atoms with Crippen LogP contribution in [0.1, 0.15) is 46.4 Å². The number of piperidine rings is 1. The van der Waals surface area contributed by atoms with Gasteiger partial charge in [0.25, 0.3) is 11.8 Å². The van der Waals surface area contributed by atoms with Gasteiger partial charge in [-0.05, 0) is 73.9 Å². The minimum atomic E-state index is -0.298. The number of hydrogen-bond acceptors (Lipinski definition) is 7. The molecule has 2 bridgehead atoms. The van der Waals surface area contributed by atoms with Crippen molar-refractivity contribution in [3.63, 3.8) is 0 Å². The first-order valence-corrected chi connectivity index (χ1v) is 16.9. The highest BCUT2D eigenvalue weighted by molar-refractivity contribution is 6.00. The van der Waals surface area contributed by atoms with Crippen molar-refractivity contribution in [1.29, 1.82) is 0 Å². The lowest BCUT2D eigenvalue weighted by Gasteiger charge is -2.39. The quantitative estimate of drug-likeness (QED) is 0.263. The summed E-state index contributed by atoms with van der Waals surface area (Å²) in [6.07, 6.45) is 7.74. The molecule has 2 amide bonds. The smallest absolute Gasteiger partial charge is 0.254 e. The molecule has 2 aliphatic carbocycles. The largest absolute Gasteiger partial charge is 0.494 e. The zero-order chi connectivity index (χ0) is 32.7. The maximum absolute atomic E-state index is 13.9. The number of nitrogens with two attached hydrogens (primary N) is 1. The number of aromatic nitrogens is 5. The van der Waals surface area contributed by atoms with E-state index >= 15 is 0 Å². The Morgan fingerprint density at radius 1 is 0.958 bits per heavy atom. The average Bonchev–Trinajstić information content (AvgIpc) is 3.43. The molecule has 3 N–H and O–H groups in total. The summed E-state index contributed by atoms with van der Waals surface area (Å²) in [5, 5.41) is 1.05. The van der Waals surface area contributed by atoms with Crippen molar-refractivity contribution in [3.8, 4) is 17.3 Å². The Bertz CT molecular complexity index is 2160. The van der Waals surface area contributed by atoms with Gasteiger partial charge in [0.05, 0.1) is 18.3 Å². The van der Waals surface area contributed by atoms with Crippen molar-refractivity contribution < 1.29 is 14.3 Å². The summed E-state index contributed by atoms with van der Waals surface area (Å²) in [4.78, 5) is 55.2. The molecule has 0 radical (unpaired) electrons. The van der Waals surface area contributed by atoms with Crippen LogP contribution in [0.3, 0.4) is 0 Å². The number of fused-ring (bicyclic) bond motifs is 4. The van der Waals surface area contributed by atoms with Crippen LogP contribution in [-0.4, -0.2) is 84.5 Å². The number of methoxy groups -OCH3 is 1. The van der Waals surface area contributed by atoms with Gasteiger partial charge in [0.1, 0.15) is 16.9 Å². The molecule has 12 nitrogen and oxygen atoms in total. The van der Waals surface area contributed by atoms with Crippen molar-refractivity contribution in [2.45, 2.75) is 50.9 Å². The third-order valence-electron chi connectivity index (χ3n) is 10.9. The molecule has 5 aromatic rings. The zero-order valence-corrected chi connectivity index (χ0v) is 26.8. The number of ether oxygens (including phenoxy) is 1. The second-order valence-corrected chi connectivity index (χ2v) is 14.0. The van der Waals surface area contributed by atoms with Crippen LogP contribution in [0.25, 0.3) is 33.6 Å². The van der Waals surface area contributed by atoms with Crippen LogP contribution in [-0.2, 0) is 13.1 Å². The topological polar surface area (TPSA) is 144 Å². The van der Waals surface area contributed by atoms with E-state index < -0.39 is 0 Å². The monoisotopic (exact) mass is 646 g/mol. The molecule has 3 atom stereocenters. The first kappa shape index (κ1) is 29.2. The Hall–Kier alpha value is -4.97. The minimum Gasteiger partial charge on any atom is -0.494 e. The summed E-state index contributed by atoms with van der Waals surface area (Å²) in [5.41, 5.74) is 10.5. The summed E-state index contributed by atoms with van der Waals surface area (Å²) in [7, 11) is 1.63. The van der Waals surface area contributed by atoms with E-state index in [0.717, 1.165) is 47.5 Å². The van der Waals surface area contributed by atoms with Gasteiger partial charge in [0, 0.05) is 85.7 Å². The first-order chi connectivity index (χ1) is 23.4. The summed E-state index contributed by atoms with van der Waals surface area (Å²) >= 11 is 0. The van der Waals surface area contributed by atoms with E-state index in [0.29, 0.717) is 60.4 Å². The number of H-pyrrole nitrogens is 1. The number of amides is 2. The van der Waals surface area contributed by atoms with Gasteiger partial charge in [-0.15, -0.1) is 0 Å². The molecule has 4 aliphatic rings. The highest BCUT2D eigenvalue weighted by atomic mass is 16.5. The van der Waals surface area contributed by atoms with Gasteiger partial charge >= 0.3 is 0 Å². The summed E-state index contributed by atoms with van der Waals surface area (Å²) in [5.74, 6) is 2.30. The van der Waals surface area contributed by atoms with E-state index in [1.54, 1.807) is 18.1 Å². The minimum absolute atomic E-state index is 0.0314. The number of nitrogens with zero attached hydrogens (tertiary/aromatic N) is 6. The number of rotatable bonds is 8. The number of imidazole rings is 1. The third kappa shape index (κ3) is 4.72. The van der Waals surface area contributed by atoms with Crippen LogP contribution in [0.4, 0.5) is 0 Å². The van der Waals surface area contributed by atoms with E-state index in [-0.39, 0.29) is 35.4 Å². The summed E-state index contributed by atoms with van der Waals surface area (Å²) in [6, 6.07) is 13.0. The molecular weight excluding hydrogens is 608 g/mol. The van der Waals surface area contributed by atoms with Crippen LogP contribution < -0.4 is 16.0 Å². The van der Waals surface area contributed by atoms with Crippen LogP contribution in [0, 0.1) is 17.8 Å². The molecule has 9 rings (SSSR count). The fourth-order valence-electron chi connectivity index (χ4n) is 8.22. The number of pyridine rings is 2. The molecule has 246 valence electrons. The third-order valence-corrected chi connectivity index (χ3v) is 10.9. The van der Waals surface area contributed by atoms with Gasteiger partial charge in [-0.2, -0.15) is 0 Å². The molecule has 12 heteroatoms. The van der Waals surface area contributed by atoms with E-state index in [9.17, 15) is 14.4 Å². The molecule has 4 fully saturated rings. The van der Waals surface area contributed by atoms with E-state index in [4.69, 9.17) is 20.4 Å². The second kappa shape index (κ2) is 11.0. The Kier molecular flexibility index (Phi) is 6.72. The van der Waals surface area contributed by atoms with Crippen molar-refractivity contribution in [3.05, 3.63) is 76.3 Å². The predicted octanol–water partition coefficient (Wildman–Crippen LogP) is 3.49. The van der Waals surface area contributed by atoms with Gasteiger partial charge in [0.2, 0.25) is 5.56 Å². The number of benzene rings is 1. The molecule has 6 heterocycles. The lowest BCUT2D eigenvalue weighted by molar-refractivity contribution is 0.0471. The molecular formula is C36H38N8O4. The van der Waals surface area contributed by atoms with Gasteiger partial charge in [0.15, 0.2) is 5.82 Å². The lowest BCUT2D eigenvalue weighted by Crippen LogP contribution is -2.51. The molecule has 48 heavy (non-hydrogen) atoms. The van der Waals surface area contributed by atoms with Crippen molar-refractivity contribution in [2.24, 2.45) is 23.5 Å². The molecule has 2 unspecified atom stereocenters. The average molecular weight is 647 g/mol. The first-order valence-electron chi connectivity index (χ1n) is 16.9. The van der Waals surface area contributed by atoms with Gasteiger partial charge in [-0.25, -0.2) is 9.97 Å². The second-order valence-electron chi connectivity index (χ2n) is 14.0. The normalized spacial score (nSPS) is 22.2. The molecule has 2 saturated heterocycles. The summed E-state index contributed by atoms with van der Waals surface area (Å²) < 4.78 is 10.5. The predicted molar refractivity (Wildman–Crippen MR) is 180 cm³/mol. The molecule has 4 aromatic heterocycles. The molecule has 0 spiro atoms. The number of nitrogens with one attached hydrogen (secondary N) is 1. The van der Waals surface area contributed by atoms with Crippen molar-refractivity contribution in [2.75, 3.05) is 26.7 Å². The number of carbonyl (C=O) groups is 2. The van der Waals surface area contributed by atoms with E-state index in [1.807, 2.05) is 29.3 Å². The maximum atomic E-state index is 13.9. The maximum Gasteiger partial charge on any atom is 0.254 e. The number of likely N-dealkylation sites (tertiary alicyclic amines) is 2. The highest BCUT2D eigenvalue weighted by Gasteiger charge is 2.47. The number of hydrogen-bond donors (Lipinski definition) is 2. The van der Waals surface area contributed by atoms with Gasteiger partial charge < -0.3 is 34.4 Å². The Morgan fingerprint density at radius 2 is 1.79 bits per heavy atom. The fraction of sp³-hybridized carbons (Fsp3) is 0.417. The Labute approximate surface area is 276 Å². The number of aromatic amines is 1. The lowest BCUT2D eigenvalue weighted by atomic mass is 9.98. The molecule has 2 saturated carbocycles. The molecule has 1 aromatic carbocycles. The van der Waals surface area contributed by atoms with Crippen molar-refractivity contribution in [1.82, 2.24) is 33.9 Å². The fourth-order valence-corrected chi connectivity index (χ4v) is 8.22. The van der Waals surface area contributed by atoms with Crippen LogP contribution in [0.15, 0.2) is 59.7 Å². The summed E-state index contributed by atoms with van der Waals surface area (Å²) in [6.45, 7) is 3.24. The van der Waals surface area contributed by atoms with Crippen LogP contribution in [0.5, 0.6) is 5.75 Å². The molecule has 2 aliphatic heterocycles. The Morgan fingerprint density at radius 3 is 2.52 bits per heavy atom. The van der Waals surface area contributed by atoms with Crippen molar-refractivity contribution >= 4 is 33.9 Å². The van der Waals surface area contributed by atoms with Gasteiger partial charge in [-0.3, -0.25) is 14.4 Å². The standard InChI is InChI=1S/C36H38N8O4/c1-48-29-13-25(36(47)43-19-24-6-7-27(43)31(24)37)11-26-32(29)44(18-21-15-41(16-21)35(46)23-8-10-38-30(45)14-23)34(40-26)28-12-22-3-2-9-39-33(22)42(28)17-20-4-5-20/h2-3,8-14,20-21,24,27,31H,4-7,15-19,37H2,1H3,(H,38,45)/t24?,27?,31-/m1/s1. The Balaban J connectivity index is 1.12. The van der Waals surface area contributed by atoms with E-state index in [2.05, 4.69) is 26.3 Å².